The van der Waals surface area contributed by atoms with Gasteiger partial charge in [-0.25, -0.2) is 4.79 Å². The van der Waals surface area contributed by atoms with Crippen LogP contribution in [-0.2, 0) is 9.53 Å². The van der Waals surface area contributed by atoms with Gasteiger partial charge in [-0.2, -0.15) is 4.68 Å². The van der Waals surface area contributed by atoms with E-state index in [4.69, 9.17) is 4.74 Å². The van der Waals surface area contributed by atoms with Crippen molar-refractivity contribution in [1.29, 1.82) is 0 Å². The number of non-ortho nitro benzene ring substituents is 1. The average Bonchev–Trinajstić information content (AvgIpc) is 3.06. The minimum atomic E-state index is -0.637. The van der Waals surface area contributed by atoms with Crippen molar-refractivity contribution in [3.63, 3.8) is 0 Å². The van der Waals surface area contributed by atoms with Gasteiger partial charge < -0.3 is 10.1 Å². The molecule has 1 N–H and O–H groups in total. The molecule has 136 valence electrons. The van der Waals surface area contributed by atoms with Crippen LogP contribution in [-0.4, -0.2) is 37.7 Å². The second kappa shape index (κ2) is 6.90. The molecule has 10 nitrogen and oxygen atoms in total. The standard InChI is InChI=1S/C16H18N6O4/c1-9(2)8-26-15(23)13-10(3)17-16-18-19-20-21(16)14(13)11-4-6-12(7-5-11)22(24)25/h4-7,9,14H,8H2,1-3H3,(H,17,18,20)/t14-/m1/s1. The zero-order chi connectivity index (χ0) is 18.8. The van der Waals surface area contributed by atoms with Crippen LogP contribution < -0.4 is 5.32 Å². The maximum absolute atomic E-state index is 12.7. The molecule has 0 amide bonds. The van der Waals surface area contributed by atoms with Crippen molar-refractivity contribution in [2.45, 2.75) is 26.8 Å². The summed E-state index contributed by atoms with van der Waals surface area (Å²) in [4.78, 5) is 23.1. The fourth-order valence-electron chi connectivity index (χ4n) is 2.68. The molecule has 1 aromatic heterocycles. The molecule has 26 heavy (non-hydrogen) atoms. The van der Waals surface area contributed by atoms with Gasteiger partial charge in [0.2, 0.25) is 5.95 Å². The molecule has 2 aromatic rings. The lowest BCUT2D eigenvalue weighted by Gasteiger charge is -2.27. The Labute approximate surface area is 149 Å². The highest BCUT2D eigenvalue weighted by Crippen LogP contribution is 2.35. The third kappa shape index (κ3) is 3.25. The van der Waals surface area contributed by atoms with E-state index >= 15 is 0 Å². The molecule has 0 fully saturated rings. The zero-order valence-corrected chi connectivity index (χ0v) is 14.5. The first-order valence-electron chi connectivity index (χ1n) is 8.05. The Kier molecular flexibility index (Phi) is 4.65. The van der Waals surface area contributed by atoms with Gasteiger partial charge in [-0.1, -0.05) is 18.9 Å². The number of hydrogen-bond donors (Lipinski definition) is 1. The first-order chi connectivity index (χ1) is 12.4. The summed E-state index contributed by atoms with van der Waals surface area (Å²) in [5, 5.41) is 25.4. The number of hydrogen-bond acceptors (Lipinski definition) is 8. The molecule has 10 heteroatoms. The van der Waals surface area contributed by atoms with Crippen LogP contribution in [0.2, 0.25) is 0 Å². The Bertz CT molecular complexity index is 871. The summed E-state index contributed by atoms with van der Waals surface area (Å²) >= 11 is 0. The number of tetrazole rings is 1. The van der Waals surface area contributed by atoms with Crippen molar-refractivity contribution in [3.8, 4) is 0 Å². The third-order valence-corrected chi connectivity index (χ3v) is 3.90. The Morgan fingerprint density at radius 1 is 1.38 bits per heavy atom. The van der Waals surface area contributed by atoms with Crippen LogP contribution >= 0.6 is 0 Å². The molecule has 0 aliphatic carbocycles. The summed E-state index contributed by atoms with van der Waals surface area (Å²) in [5.74, 6) is 0.0947. The minimum Gasteiger partial charge on any atom is -0.462 e. The summed E-state index contributed by atoms with van der Waals surface area (Å²) in [5.41, 5.74) is 1.54. The maximum atomic E-state index is 12.7. The number of rotatable bonds is 5. The van der Waals surface area contributed by atoms with Gasteiger partial charge in [-0.15, -0.1) is 0 Å². The Morgan fingerprint density at radius 2 is 2.08 bits per heavy atom. The van der Waals surface area contributed by atoms with Crippen LogP contribution in [0.15, 0.2) is 35.5 Å². The number of esters is 1. The monoisotopic (exact) mass is 358 g/mol. The highest BCUT2D eigenvalue weighted by Gasteiger charge is 2.35. The van der Waals surface area contributed by atoms with Crippen molar-refractivity contribution in [2.24, 2.45) is 5.92 Å². The Morgan fingerprint density at radius 3 is 2.69 bits per heavy atom. The van der Waals surface area contributed by atoms with E-state index in [0.717, 1.165) is 0 Å². The molecule has 0 spiro atoms. The van der Waals surface area contributed by atoms with Gasteiger partial charge in [0.05, 0.1) is 17.1 Å². The molecule has 1 aliphatic rings. The molecule has 0 bridgehead atoms. The van der Waals surface area contributed by atoms with E-state index < -0.39 is 16.9 Å². The number of nitro benzene ring substituents is 1. The largest absolute Gasteiger partial charge is 0.462 e. The fourth-order valence-corrected chi connectivity index (χ4v) is 2.68. The number of nitrogens with one attached hydrogen (secondary N) is 1. The average molecular weight is 358 g/mol. The predicted molar refractivity (Wildman–Crippen MR) is 91.2 cm³/mol. The summed E-state index contributed by atoms with van der Waals surface area (Å²) in [6, 6.07) is 5.30. The molecule has 3 rings (SSSR count). The molecule has 1 aliphatic heterocycles. The highest BCUT2D eigenvalue weighted by molar-refractivity contribution is 5.92. The number of ether oxygens (including phenoxy) is 1. The molecule has 0 unspecified atom stereocenters. The predicted octanol–water partition coefficient (Wildman–Crippen LogP) is 2.07. The van der Waals surface area contributed by atoms with Gasteiger partial charge in [0.15, 0.2) is 0 Å². The molecule has 1 atom stereocenters. The quantitative estimate of drug-likeness (QED) is 0.489. The Hall–Kier alpha value is -3.30. The molecule has 2 heterocycles. The van der Waals surface area contributed by atoms with E-state index in [1.807, 2.05) is 13.8 Å². The number of nitro groups is 1. The van der Waals surface area contributed by atoms with E-state index in [1.165, 1.54) is 16.8 Å². The van der Waals surface area contributed by atoms with E-state index in [-0.39, 0.29) is 18.2 Å². The zero-order valence-electron chi connectivity index (χ0n) is 14.5. The summed E-state index contributed by atoms with van der Waals surface area (Å²) in [6.07, 6.45) is 0. The van der Waals surface area contributed by atoms with E-state index in [0.29, 0.717) is 22.8 Å². The van der Waals surface area contributed by atoms with Crippen LogP contribution in [0.3, 0.4) is 0 Å². The van der Waals surface area contributed by atoms with Gasteiger partial charge >= 0.3 is 5.97 Å². The molecule has 0 saturated heterocycles. The van der Waals surface area contributed by atoms with E-state index in [2.05, 4.69) is 20.8 Å². The van der Waals surface area contributed by atoms with Crippen molar-refractivity contribution in [3.05, 3.63) is 51.2 Å². The second-order valence-corrected chi connectivity index (χ2v) is 6.35. The van der Waals surface area contributed by atoms with Crippen LogP contribution in [0, 0.1) is 16.0 Å². The number of carbonyl (C=O) groups excluding carboxylic acids is 1. The normalized spacial score (nSPS) is 16.2. The topological polar surface area (TPSA) is 125 Å². The first-order valence-corrected chi connectivity index (χ1v) is 8.05. The molecule has 0 radical (unpaired) electrons. The van der Waals surface area contributed by atoms with Gasteiger partial charge in [0.25, 0.3) is 5.69 Å². The van der Waals surface area contributed by atoms with Gasteiger partial charge in [-0.3, -0.25) is 10.1 Å². The fraction of sp³-hybridized carbons (Fsp3) is 0.375. The van der Waals surface area contributed by atoms with Crippen LogP contribution in [0.5, 0.6) is 0 Å². The number of allylic oxidation sites excluding steroid dienone is 1. The van der Waals surface area contributed by atoms with Crippen molar-refractivity contribution in [2.75, 3.05) is 11.9 Å². The lowest BCUT2D eigenvalue weighted by Crippen LogP contribution is -2.30. The summed E-state index contributed by atoms with van der Waals surface area (Å²) in [6.45, 7) is 5.91. The van der Waals surface area contributed by atoms with Gasteiger partial charge in [0, 0.05) is 17.8 Å². The number of aromatic nitrogens is 4. The number of carbonyl (C=O) groups is 1. The first kappa shape index (κ1) is 17.5. The molecular weight excluding hydrogens is 340 g/mol. The molecule has 0 saturated carbocycles. The summed E-state index contributed by atoms with van der Waals surface area (Å²) < 4.78 is 6.85. The van der Waals surface area contributed by atoms with Crippen LogP contribution in [0.25, 0.3) is 0 Å². The number of anilines is 1. The minimum absolute atomic E-state index is 0.0377. The van der Waals surface area contributed by atoms with Crippen molar-refractivity contribution in [1.82, 2.24) is 20.2 Å². The Balaban J connectivity index is 2.02. The summed E-state index contributed by atoms with van der Waals surface area (Å²) in [7, 11) is 0. The van der Waals surface area contributed by atoms with E-state index in [1.54, 1.807) is 19.1 Å². The van der Waals surface area contributed by atoms with Gasteiger partial charge in [-0.05, 0) is 41.0 Å². The lowest BCUT2D eigenvalue weighted by molar-refractivity contribution is -0.384. The van der Waals surface area contributed by atoms with Crippen molar-refractivity contribution < 1.29 is 14.5 Å². The number of benzene rings is 1. The number of fused-ring (bicyclic) bond motifs is 1. The van der Waals surface area contributed by atoms with Crippen LogP contribution in [0.4, 0.5) is 11.6 Å². The molecular formula is C16H18N6O4. The second-order valence-electron chi connectivity index (χ2n) is 6.35. The van der Waals surface area contributed by atoms with Gasteiger partial charge in [0.1, 0.15) is 6.04 Å². The van der Waals surface area contributed by atoms with Crippen LogP contribution in [0.1, 0.15) is 32.4 Å². The SMILES string of the molecule is CC1=C(C(=O)OCC(C)C)[C@@H](c2ccc([N+](=O)[O-])cc2)n2nnnc2N1. The van der Waals surface area contributed by atoms with Crippen molar-refractivity contribution >= 4 is 17.6 Å². The number of nitrogens with zero attached hydrogens (tertiary/aromatic N) is 5. The highest BCUT2D eigenvalue weighted by atomic mass is 16.6. The van der Waals surface area contributed by atoms with E-state index in [9.17, 15) is 14.9 Å². The smallest absolute Gasteiger partial charge is 0.338 e. The third-order valence-electron chi connectivity index (χ3n) is 3.90. The maximum Gasteiger partial charge on any atom is 0.338 e. The lowest BCUT2D eigenvalue weighted by atomic mass is 9.95. The molecule has 1 aromatic carbocycles.